The van der Waals surface area contributed by atoms with E-state index >= 15 is 0 Å². The first-order valence-corrected chi connectivity index (χ1v) is 6.20. The normalized spacial score (nSPS) is 26.1. The highest BCUT2D eigenvalue weighted by Gasteiger charge is 2.30. The fourth-order valence-electron chi connectivity index (χ4n) is 2.83. The van der Waals surface area contributed by atoms with Crippen molar-refractivity contribution in [1.29, 1.82) is 0 Å². The topological polar surface area (TPSA) is 20.2 Å². The van der Waals surface area contributed by atoms with Crippen molar-refractivity contribution in [3.8, 4) is 0 Å². The Morgan fingerprint density at radius 3 is 2.47 bits per heavy atom. The minimum atomic E-state index is -0.640. The molecule has 3 atom stereocenters. The summed E-state index contributed by atoms with van der Waals surface area (Å²) in [5.41, 5.74) is 0.0131. The second kappa shape index (κ2) is 5.13. The van der Waals surface area contributed by atoms with E-state index in [0.29, 0.717) is 5.92 Å². The summed E-state index contributed by atoms with van der Waals surface area (Å²) < 4.78 is 26.9. The van der Waals surface area contributed by atoms with E-state index < -0.39 is 17.7 Å². The van der Waals surface area contributed by atoms with Crippen LogP contribution in [0.25, 0.3) is 0 Å². The van der Waals surface area contributed by atoms with E-state index in [-0.39, 0.29) is 17.9 Å². The van der Waals surface area contributed by atoms with E-state index in [4.69, 9.17) is 0 Å². The van der Waals surface area contributed by atoms with E-state index in [2.05, 4.69) is 6.92 Å². The van der Waals surface area contributed by atoms with E-state index in [1.54, 1.807) is 0 Å². The molecule has 0 radical (unpaired) electrons. The van der Waals surface area contributed by atoms with Crippen molar-refractivity contribution in [2.45, 2.75) is 38.7 Å². The molecule has 1 aromatic carbocycles. The molecule has 3 heteroatoms. The van der Waals surface area contributed by atoms with Crippen LogP contribution in [0.2, 0.25) is 0 Å². The van der Waals surface area contributed by atoms with Gasteiger partial charge in [0.1, 0.15) is 11.6 Å². The fourth-order valence-corrected chi connectivity index (χ4v) is 2.83. The molecule has 0 aliphatic heterocycles. The van der Waals surface area contributed by atoms with Crippen molar-refractivity contribution in [3.05, 3.63) is 35.4 Å². The summed E-state index contributed by atoms with van der Waals surface area (Å²) in [4.78, 5) is 0. The van der Waals surface area contributed by atoms with Gasteiger partial charge in [0.25, 0.3) is 0 Å². The van der Waals surface area contributed by atoms with Crippen LogP contribution in [0.15, 0.2) is 18.2 Å². The van der Waals surface area contributed by atoms with Crippen LogP contribution in [-0.4, -0.2) is 11.2 Å². The Kier molecular flexibility index (Phi) is 3.77. The Balaban J connectivity index is 2.10. The highest BCUT2D eigenvalue weighted by molar-refractivity contribution is 5.20. The third-order valence-corrected chi connectivity index (χ3v) is 3.90. The first kappa shape index (κ1) is 12.5. The largest absolute Gasteiger partial charge is 0.392 e. The van der Waals surface area contributed by atoms with Crippen molar-refractivity contribution in [3.63, 3.8) is 0 Å². The maximum atomic E-state index is 13.4. The average molecular weight is 240 g/mol. The van der Waals surface area contributed by atoms with Gasteiger partial charge in [0.05, 0.1) is 6.10 Å². The van der Waals surface area contributed by atoms with E-state index in [1.165, 1.54) is 18.2 Å². The quantitative estimate of drug-likeness (QED) is 0.859. The minimum absolute atomic E-state index is 0.0131. The predicted molar refractivity (Wildman–Crippen MR) is 62.6 cm³/mol. The number of aliphatic hydroxyl groups is 1. The summed E-state index contributed by atoms with van der Waals surface area (Å²) in [5, 5.41) is 10.1. The van der Waals surface area contributed by atoms with Crippen LogP contribution >= 0.6 is 0 Å². The zero-order valence-corrected chi connectivity index (χ0v) is 10.00. The van der Waals surface area contributed by atoms with Gasteiger partial charge in [0.2, 0.25) is 0 Å². The molecule has 2 rings (SSSR count). The lowest BCUT2D eigenvalue weighted by Gasteiger charge is -2.22. The summed E-state index contributed by atoms with van der Waals surface area (Å²) in [6.07, 6.45) is 2.59. The Morgan fingerprint density at radius 2 is 1.94 bits per heavy atom. The molecule has 0 saturated heterocycles. The molecule has 0 amide bonds. The highest BCUT2D eigenvalue weighted by Crippen LogP contribution is 2.35. The van der Waals surface area contributed by atoms with Crippen LogP contribution < -0.4 is 0 Å². The molecule has 0 spiro atoms. The molecular weight excluding hydrogens is 222 g/mol. The van der Waals surface area contributed by atoms with Gasteiger partial charge in [-0.1, -0.05) is 25.8 Å². The number of hydrogen-bond donors (Lipinski definition) is 1. The molecule has 0 heterocycles. The molecule has 1 aromatic rings. The van der Waals surface area contributed by atoms with Crippen LogP contribution in [0.3, 0.4) is 0 Å². The minimum Gasteiger partial charge on any atom is -0.392 e. The lowest BCUT2D eigenvalue weighted by molar-refractivity contribution is 0.0884. The number of aliphatic hydroxyl groups excluding tert-OH is 1. The molecule has 0 bridgehead atoms. The smallest absolute Gasteiger partial charge is 0.129 e. The fraction of sp³-hybridized carbons (Fsp3) is 0.571. The van der Waals surface area contributed by atoms with Gasteiger partial charge in [-0.25, -0.2) is 8.78 Å². The molecule has 1 aliphatic rings. The third kappa shape index (κ3) is 2.65. The molecule has 1 nitrogen and oxygen atoms in total. The van der Waals surface area contributed by atoms with Crippen LogP contribution in [-0.2, 0) is 6.42 Å². The third-order valence-electron chi connectivity index (χ3n) is 3.90. The van der Waals surface area contributed by atoms with Crippen molar-refractivity contribution in [1.82, 2.24) is 0 Å². The second-order valence-electron chi connectivity index (χ2n) is 5.04. The Morgan fingerprint density at radius 1 is 1.29 bits per heavy atom. The van der Waals surface area contributed by atoms with Crippen molar-refractivity contribution in [2.75, 3.05) is 0 Å². The summed E-state index contributed by atoms with van der Waals surface area (Å²) in [6.45, 7) is 2.10. The zero-order chi connectivity index (χ0) is 12.4. The Labute approximate surface area is 100 Å². The van der Waals surface area contributed by atoms with Crippen molar-refractivity contribution >= 4 is 0 Å². The van der Waals surface area contributed by atoms with Crippen LogP contribution in [0.5, 0.6) is 0 Å². The molecule has 1 saturated carbocycles. The lowest BCUT2D eigenvalue weighted by atomic mass is 9.88. The van der Waals surface area contributed by atoms with Crippen molar-refractivity contribution in [2.24, 2.45) is 11.8 Å². The summed E-state index contributed by atoms with van der Waals surface area (Å²) >= 11 is 0. The Hall–Kier alpha value is -0.960. The highest BCUT2D eigenvalue weighted by atomic mass is 19.1. The first-order valence-electron chi connectivity index (χ1n) is 6.20. The maximum absolute atomic E-state index is 13.4. The SMILES string of the molecule is CC1CCCC1C(O)Cc1c(F)cccc1F. The number of benzene rings is 1. The molecule has 3 unspecified atom stereocenters. The summed E-state index contributed by atoms with van der Waals surface area (Å²) in [7, 11) is 0. The van der Waals surface area contributed by atoms with E-state index in [9.17, 15) is 13.9 Å². The van der Waals surface area contributed by atoms with Gasteiger partial charge in [-0.05, 0) is 30.4 Å². The lowest BCUT2D eigenvalue weighted by Crippen LogP contribution is -2.25. The molecule has 1 N–H and O–H groups in total. The summed E-state index contributed by atoms with van der Waals surface area (Å²) in [5.74, 6) is -0.502. The Bertz CT molecular complexity index is 372. The molecule has 94 valence electrons. The zero-order valence-electron chi connectivity index (χ0n) is 10.00. The van der Waals surface area contributed by atoms with Gasteiger partial charge in [-0.2, -0.15) is 0 Å². The van der Waals surface area contributed by atoms with Gasteiger partial charge in [0, 0.05) is 12.0 Å². The first-order chi connectivity index (χ1) is 8.09. The molecule has 1 fully saturated rings. The van der Waals surface area contributed by atoms with Gasteiger partial charge in [-0.15, -0.1) is 0 Å². The van der Waals surface area contributed by atoms with Crippen LogP contribution in [0.4, 0.5) is 8.78 Å². The van der Waals surface area contributed by atoms with E-state index in [0.717, 1.165) is 19.3 Å². The van der Waals surface area contributed by atoms with E-state index in [1.807, 2.05) is 0 Å². The standard InChI is InChI=1S/C14H18F2O/c1-9-4-2-5-10(9)14(17)8-11-12(15)6-3-7-13(11)16/h3,6-7,9-10,14,17H,2,4-5,8H2,1H3. The van der Waals surface area contributed by atoms with Crippen LogP contribution in [0.1, 0.15) is 31.7 Å². The monoisotopic (exact) mass is 240 g/mol. The second-order valence-corrected chi connectivity index (χ2v) is 5.04. The number of halogens is 2. The van der Waals surface area contributed by atoms with Crippen molar-refractivity contribution < 1.29 is 13.9 Å². The van der Waals surface area contributed by atoms with Gasteiger partial charge >= 0.3 is 0 Å². The molecule has 0 aromatic heterocycles. The van der Waals surface area contributed by atoms with Crippen LogP contribution in [0, 0.1) is 23.5 Å². The maximum Gasteiger partial charge on any atom is 0.129 e. The predicted octanol–water partition coefficient (Wildman–Crippen LogP) is 3.30. The summed E-state index contributed by atoms with van der Waals surface area (Å²) in [6, 6.07) is 3.82. The van der Waals surface area contributed by atoms with Gasteiger partial charge < -0.3 is 5.11 Å². The van der Waals surface area contributed by atoms with Gasteiger partial charge in [0.15, 0.2) is 0 Å². The molecule has 1 aliphatic carbocycles. The number of hydrogen-bond acceptors (Lipinski definition) is 1. The molecule has 17 heavy (non-hydrogen) atoms. The number of rotatable bonds is 3. The van der Waals surface area contributed by atoms with Gasteiger partial charge in [-0.3, -0.25) is 0 Å². The average Bonchev–Trinajstić information content (AvgIpc) is 2.70. The molecular formula is C14H18F2O.